The number of likely N-dealkylation sites (tertiary alicyclic amines) is 1. The van der Waals surface area contributed by atoms with Gasteiger partial charge < -0.3 is 5.11 Å². The minimum Gasteiger partial charge on any atom is -0.478 e. The molecule has 0 amide bonds. The van der Waals surface area contributed by atoms with Crippen molar-refractivity contribution in [2.24, 2.45) is 0 Å². The van der Waals surface area contributed by atoms with Crippen LogP contribution in [0.4, 0.5) is 30.7 Å². The van der Waals surface area contributed by atoms with E-state index in [9.17, 15) is 35.5 Å². The highest BCUT2D eigenvalue weighted by Gasteiger charge is 2.73. The Morgan fingerprint density at radius 3 is 2.30 bits per heavy atom. The van der Waals surface area contributed by atoms with E-state index >= 15 is 0 Å². The van der Waals surface area contributed by atoms with Crippen molar-refractivity contribution in [2.45, 2.75) is 55.8 Å². The molecule has 4 rings (SSSR count). The monoisotopic (exact) mass is 475 g/mol. The zero-order chi connectivity index (χ0) is 24.2. The van der Waals surface area contributed by atoms with Crippen LogP contribution in [-0.2, 0) is 18.6 Å². The highest BCUT2D eigenvalue weighted by molar-refractivity contribution is 5.87. The Bertz CT molecular complexity index is 1050. The molecular formula is C23H20F7NO2. The second-order valence-electron chi connectivity index (χ2n) is 8.54. The van der Waals surface area contributed by atoms with Crippen LogP contribution in [-0.4, -0.2) is 40.9 Å². The Morgan fingerprint density at radius 1 is 0.970 bits per heavy atom. The molecule has 0 aromatic heterocycles. The summed E-state index contributed by atoms with van der Waals surface area (Å²) in [6, 6.07) is 9.03. The van der Waals surface area contributed by atoms with E-state index in [1.54, 1.807) is 18.2 Å². The Kier molecular flexibility index (Phi) is 5.71. The SMILES string of the molecule is O=C(O)c1cccc(CN2CC[C@H]3c4ccc(C(F)(C(F)(F)F)C(F)(F)F)cc4CCC32)c1. The molecule has 10 heteroatoms. The number of hydrogen-bond donors (Lipinski definition) is 1. The maximum atomic E-state index is 14.5. The molecule has 2 atom stereocenters. The van der Waals surface area contributed by atoms with E-state index in [-0.39, 0.29) is 23.9 Å². The molecule has 2 aliphatic rings. The topological polar surface area (TPSA) is 40.5 Å². The van der Waals surface area contributed by atoms with Crippen molar-refractivity contribution in [3.05, 3.63) is 70.3 Å². The molecule has 1 N–H and O–H groups in total. The Labute approximate surface area is 184 Å². The number of hydrogen-bond acceptors (Lipinski definition) is 2. The average Bonchev–Trinajstić information content (AvgIpc) is 3.14. The van der Waals surface area contributed by atoms with Crippen LogP contribution in [0.15, 0.2) is 42.5 Å². The van der Waals surface area contributed by atoms with Crippen LogP contribution in [0.2, 0.25) is 0 Å². The normalized spacial score (nSPS) is 21.5. The van der Waals surface area contributed by atoms with Crippen molar-refractivity contribution in [2.75, 3.05) is 6.54 Å². The number of halogens is 7. The number of carbonyl (C=O) groups is 1. The number of aromatic carboxylic acids is 1. The summed E-state index contributed by atoms with van der Waals surface area (Å²) in [5, 5.41) is 9.17. The van der Waals surface area contributed by atoms with E-state index in [0.29, 0.717) is 49.2 Å². The fraction of sp³-hybridized carbons (Fsp3) is 0.435. The van der Waals surface area contributed by atoms with Gasteiger partial charge in [0.2, 0.25) is 0 Å². The molecule has 1 fully saturated rings. The smallest absolute Gasteiger partial charge is 0.435 e. The van der Waals surface area contributed by atoms with Gasteiger partial charge in [0.15, 0.2) is 0 Å². The van der Waals surface area contributed by atoms with Crippen molar-refractivity contribution in [3.8, 4) is 0 Å². The van der Waals surface area contributed by atoms with Gasteiger partial charge in [0.25, 0.3) is 0 Å². The molecule has 1 aliphatic heterocycles. The third-order valence-corrected chi connectivity index (χ3v) is 6.65. The molecule has 0 bridgehead atoms. The predicted octanol–water partition coefficient (Wildman–Crippen LogP) is 5.98. The van der Waals surface area contributed by atoms with Gasteiger partial charge in [0.05, 0.1) is 5.56 Å². The maximum absolute atomic E-state index is 14.5. The summed E-state index contributed by atoms with van der Waals surface area (Å²) in [4.78, 5) is 13.3. The second kappa shape index (κ2) is 8.00. The zero-order valence-corrected chi connectivity index (χ0v) is 17.2. The zero-order valence-electron chi connectivity index (χ0n) is 17.2. The van der Waals surface area contributed by atoms with Gasteiger partial charge in [0, 0.05) is 24.1 Å². The average molecular weight is 475 g/mol. The van der Waals surface area contributed by atoms with Crippen LogP contribution >= 0.6 is 0 Å². The van der Waals surface area contributed by atoms with Crippen molar-refractivity contribution >= 4 is 5.97 Å². The van der Waals surface area contributed by atoms with Crippen LogP contribution in [0.5, 0.6) is 0 Å². The van der Waals surface area contributed by atoms with E-state index in [1.807, 2.05) is 0 Å². The quantitative estimate of drug-likeness (QED) is 0.554. The first-order chi connectivity index (χ1) is 15.3. The van der Waals surface area contributed by atoms with Crippen molar-refractivity contribution in [3.63, 3.8) is 0 Å². The Morgan fingerprint density at radius 2 is 1.67 bits per heavy atom. The molecule has 3 nitrogen and oxygen atoms in total. The summed E-state index contributed by atoms with van der Waals surface area (Å²) in [6.45, 7) is 1.12. The lowest BCUT2D eigenvalue weighted by Crippen LogP contribution is -2.50. The molecule has 0 spiro atoms. The third kappa shape index (κ3) is 3.98. The number of alkyl halides is 7. The Hall–Kier alpha value is -2.62. The third-order valence-electron chi connectivity index (χ3n) is 6.65. The first-order valence-electron chi connectivity index (χ1n) is 10.3. The number of carboxylic acid groups (broad SMARTS) is 1. The number of nitrogens with zero attached hydrogens (tertiary/aromatic N) is 1. The van der Waals surface area contributed by atoms with Crippen LogP contribution in [0.25, 0.3) is 0 Å². The van der Waals surface area contributed by atoms with E-state index < -0.39 is 29.6 Å². The summed E-state index contributed by atoms with van der Waals surface area (Å²) < 4.78 is 93.3. The summed E-state index contributed by atoms with van der Waals surface area (Å²) in [5.74, 6) is -1.14. The largest absolute Gasteiger partial charge is 0.478 e. The fourth-order valence-electron chi connectivity index (χ4n) is 5.09. The number of rotatable bonds is 4. The first-order valence-corrected chi connectivity index (χ1v) is 10.3. The molecular weight excluding hydrogens is 455 g/mol. The van der Waals surface area contributed by atoms with Gasteiger partial charge in [-0.05, 0) is 54.6 Å². The summed E-state index contributed by atoms with van der Waals surface area (Å²) in [7, 11) is 0. The summed E-state index contributed by atoms with van der Waals surface area (Å²) >= 11 is 0. The molecule has 0 radical (unpaired) electrons. The highest BCUT2D eigenvalue weighted by Crippen LogP contribution is 2.54. The number of carboxylic acids is 1. The lowest BCUT2D eigenvalue weighted by molar-refractivity contribution is -0.348. The van der Waals surface area contributed by atoms with Gasteiger partial charge in [-0.25, -0.2) is 9.18 Å². The van der Waals surface area contributed by atoms with E-state index in [1.165, 1.54) is 12.1 Å². The van der Waals surface area contributed by atoms with E-state index in [0.717, 1.165) is 5.56 Å². The Balaban J connectivity index is 1.59. The first kappa shape index (κ1) is 23.5. The van der Waals surface area contributed by atoms with E-state index in [2.05, 4.69) is 4.90 Å². The number of fused-ring (bicyclic) bond motifs is 3. The minimum absolute atomic E-state index is 0.0113. The van der Waals surface area contributed by atoms with Crippen molar-refractivity contribution in [1.29, 1.82) is 0 Å². The van der Waals surface area contributed by atoms with Gasteiger partial charge in [-0.2, -0.15) is 26.3 Å². The molecule has 2 aromatic rings. The van der Waals surface area contributed by atoms with Gasteiger partial charge in [-0.1, -0.05) is 30.3 Å². The molecule has 1 aliphatic carbocycles. The molecule has 1 heterocycles. The van der Waals surface area contributed by atoms with Crippen LogP contribution < -0.4 is 0 Å². The van der Waals surface area contributed by atoms with Gasteiger partial charge in [-0.15, -0.1) is 0 Å². The molecule has 2 aromatic carbocycles. The van der Waals surface area contributed by atoms with Crippen LogP contribution in [0.3, 0.4) is 0 Å². The highest BCUT2D eigenvalue weighted by atomic mass is 19.4. The standard InChI is InChI=1S/C23H20F7NO2/c24-21(22(25,26)27,23(28,29)30)16-5-6-17-14(11-16)4-7-19-18(17)8-9-31(19)12-13-2-1-3-15(10-13)20(32)33/h1-3,5-6,10-11,18-19H,4,7-9,12H2,(H,32,33)/t18-,19?/m0/s1. The fourth-order valence-corrected chi connectivity index (χ4v) is 5.09. The summed E-state index contributed by atoms with van der Waals surface area (Å²) in [5.41, 5.74) is -4.96. The van der Waals surface area contributed by atoms with Gasteiger partial charge in [0.1, 0.15) is 0 Å². The van der Waals surface area contributed by atoms with Gasteiger partial charge in [-0.3, -0.25) is 4.90 Å². The lowest BCUT2D eigenvalue weighted by atomic mass is 9.77. The van der Waals surface area contributed by atoms with Crippen molar-refractivity contribution in [1.82, 2.24) is 4.90 Å². The van der Waals surface area contributed by atoms with Crippen LogP contribution in [0, 0.1) is 0 Å². The van der Waals surface area contributed by atoms with E-state index in [4.69, 9.17) is 5.11 Å². The van der Waals surface area contributed by atoms with Gasteiger partial charge >= 0.3 is 24.0 Å². The predicted molar refractivity (Wildman–Crippen MR) is 105 cm³/mol. The number of aryl methyl sites for hydroxylation is 1. The molecule has 33 heavy (non-hydrogen) atoms. The number of benzene rings is 2. The van der Waals surface area contributed by atoms with Crippen LogP contribution in [0.1, 0.15) is 51.4 Å². The molecule has 1 saturated heterocycles. The molecule has 0 saturated carbocycles. The second-order valence-corrected chi connectivity index (χ2v) is 8.54. The summed E-state index contributed by atoms with van der Waals surface area (Å²) in [6.07, 6.45) is -10.9. The minimum atomic E-state index is -6.13. The molecule has 178 valence electrons. The maximum Gasteiger partial charge on any atom is 0.435 e. The van der Waals surface area contributed by atoms with Crippen molar-refractivity contribution < 1.29 is 40.6 Å². The molecule has 1 unspecified atom stereocenters. The lowest BCUT2D eigenvalue weighted by Gasteiger charge is -2.35.